The molecule has 2 N–H and O–H groups in total. The zero-order chi connectivity index (χ0) is 20.8. The average molecular weight is 403 g/mol. The Labute approximate surface area is 176 Å². The summed E-state index contributed by atoms with van der Waals surface area (Å²) in [5.41, 5.74) is 2.60. The van der Waals surface area contributed by atoms with Crippen LogP contribution in [0.1, 0.15) is 30.1 Å². The minimum Gasteiger partial charge on any atom is -0.373 e. The van der Waals surface area contributed by atoms with Gasteiger partial charge >= 0.3 is 0 Å². The molecule has 4 rings (SSSR count). The number of pyridine rings is 1. The lowest BCUT2D eigenvalue weighted by Gasteiger charge is -2.27. The Hall–Kier alpha value is -3.32. The van der Waals surface area contributed by atoms with E-state index in [0.717, 1.165) is 42.8 Å². The maximum atomic E-state index is 13.2. The van der Waals surface area contributed by atoms with Crippen molar-refractivity contribution in [3.05, 3.63) is 72.2 Å². The molecule has 1 amide bonds. The van der Waals surface area contributed by atoms with Crippen molar-refractivity contribution < 1.29 is 4.79 Å². The molecule has 0 radical (unpaired) electrons. The van der Waals surface area contributed by atoms with Gasteiger partial charge in [-0.25, -0.2) is 9.97 Å². The standard InChI is InChI=1S/C23H26N6O/c1-24-20-14-19(27-22(28-20)18-10-7-11-25-15-18)16-26-23(30)21(29-12-5-6-13-29)17-8-3-2-4-9-17/h2-4,7-11,14-15,21H,5-6,12-13,16H2,1H3,(H,26,30)(H,24,27,28). The molecule has 0 spiro atoms. The highest BCUT2D eigenvalue weighted by Gasteiger charge is 2.29. The Bertz CT molecular complexity index is 973. The molecule has 1 aromatic carbocycles. The summed E-state index contributed by atoms with van der Waals surface area (Å²) in [5.74, 6) is 1.28. The van der Waals surface area contributed by atoms with Crippen LogP contribution in [0.15, 0.2) is 60.9 Å². The summed E-state index contributed by atoms with van der Waals surface area (Å²) in [6, 6.07) is 15.3. The number of carbonyl (C=O) groups is 1. The summed E-state index contributed by atoms with van der Waals surface area (Å²) in [5, 5.41) is 6.16. The van der Waals surface area contributed by atoms with E-state index in [4.69, 9.17) is 0 Å². The van der Waals surface area contributed by atoms with E-state index in [1.165, 1.54) is 0 Å². The average Bonchev–Trinajstić information content (AvgIpc) is 3.33. The molecule has 1 atom stereocenters. The summed E-state index contributed by atoms with van der Waals surface area (Å²) < 4.78 is 0. The van der Waals surface area contributed by atoms with Crippen molar-refractivity contribution in [1.29, 1.82) is 0 Å². The van der Waals surface area contributed by atoms with Gasteiger partial charge in [-0.05, 0) is 43.6 Å². The Kier molecular flexibility index (Phi) is 6.29. The Balaban J connectivity index is 1.53. The second-order valence-corrected chi connectivity index (χ2v) is 7.33. The van der Waals surface area contributed by atoms with Crippen LogP contribution in [0.25, 0.3) is 11.4 Å². The molecule has 0 bridgehead atoms. The molecule has 3 heterocycles. The third-order valence-electron chi connectivity index (χ3n) is 5.27. The van der Waals surface area contributed by atoms with Crippen LogP contribution in [0.2, 0.25) is 0 Å². The highest BCUT2D eigenvalue weighted by Crippen LogP contribution is 2.25. The van der Waals surface area contributed by atoms with Gasteiger partial charge < -0.3 is 10.6 Å². The molecule has 0 aliphatic carbocycles. The van der Waals surface area contributed by atoms with E-state index in [1.54, 1.807) is 12.4 Å². The van der Waals surface area contributed by atoms with Gasteiger partial charge in [0.15, 0.2) is 5.82 Å². The molecule has 30 heavy (non-hydrogen) atoms. The highest BCUT2D eigenvalue weighted by atomic mass is 16.2. The Morgan fingerprint density at radius 1 is 1.10 bits per heavy atom. The summed E-state index contributed by atoms with van der Waals surface area (Å²) in [7, 11) is 1.82. The van der Waals surface area contributed by atoms with Crippen molar-refractivity contribution >= 4 is 11.7 Å². The minimum absolute atomic E-state index is 0.00403. The van der Waals surface area contributed by atoms with E-state index in [2.05, 4.69) is 30.5 Å². The molecular formula is C23H26N6O. The van der Waals surface area contributed by atoms with Crippen molar-refractivity contribution in [2.24, 2.45) is 0 Å². The molecule has 3 aromatic rings. The first-order valence-corrected chi connectivity index (χ1v) is 10.3. The molecule has 1 aliphatic heterocycles. The van der Waals surface area contributed by atoms with Gasteiger partial charge in [-0.3, -0.25) is 14.7 Å². The second-order valence-electron chi connectivity index (χ2n) is 7.33. The number of aromatic nitrogens is 3. The van der Waals surface area contributed by atoms with Crippen LogP contribution in [0.5, 0.6) is 0 Å². The van der Waals surface area contributed by atoms with E-state index in [-0.39, 0.29) is 11.9 Å². The number of nitrogens with one attached hydrogen (secondary N) is 2. The molecule has 7 heteroatoms. The highest BCUT2D eigenvalue weighted by molar-refractivity contribution is 5.83. The number of hydrogen-bond acceptors (Lipinski definition) is 6. The number of amides is 1. The topological polar surface area (TPSA) is 83.0 Å². The second kappa shape index (κ2) is 9.45. The zero-order valence-electron chi connectivity index (χ0n) is 17.1. The van der Waals surface area contributed by atoms with E-state index in [9.17, 15) is 4.79 Å². The van der Waals surface area contributed by atoms with Crippen LogP contribution in [0.4, 0.5) is 5.82 Å². The predicted molar refractivity (Wildman–Crippen MR) is 117 cm³/mol. The van der Waals surface area contributed by atoms with Crippen LogP contribution in [0, 0.1) is 0 Å². The fourth-order valence-corrected chi connectivity index (χ4v) is 3.78. The maximum Gasteiger partial charge on any atom is 0.242 e. The molecule has 2 aromatic heterocycles. The van der Waals surface area contributed by atoms with Gasteiger partial charge in [-0.1, -0.05) is 30.3 Å². The van der Waals surface area contributed by atoms with Crippen molar-refractivity contribution in [3.8, 4) is 11.4 Å². The van der Waals surface area contributed by atoms with Crippen LogP contribution in [-0.4, -0.2) is 45.9 Å². The number of nitrogens with zero attached hydrogens (tertiary/aromatic N) is 4. The van der Waals surface area contributed by atoms with E-state index < -0.39 is 0 Å². The van der Waals surface area contributed by atoms with Crippen molar-refractivity contribution in [1.82, 2.24) is 25.2 Å². The van der Waals surface area contributed by atoms with Gasteiger partial charge in [0, 0.05) is 31.1 Å². The van der Waals surface area contributed by atoms with Crippen LogP contribution >= 0.6 is 0 Å². The van der Waals surface area contributed by atoms with Crippen molar-refractivity contribution in [2.45, 2.75) is 25.4 Å². The number of benzene rings is 1. The fourth-order valence-electron chi connectivity index (χ4n) is 3.78. The lowest BCUT2D eigenvalue weighted by molar-refractivity contribution is -0.126. The smallest absolute Gasteiger partial charge is 0.242 e. The predicted octanol–water partition coefficient (Wildman–Crippen LogP) is 3.03. The quantitative estimate of drug-likeness (QED) is 0.632. The number of rotatable bonds is 7. The van der Waals surface area contributed by atoms with Gasteiger partial charge in [-0.2, -0.15) is 0 Å². The molecule has 154 valence electrons. The number of likely N-dealkylation sites (tertiary alicyclic amines) is 1. The maximum absolute atomic E-state index is 13.2. The van der Waals surface area contributed by atoms with E-state index >= 15 is 0 Å². The fraction of sp³-hybridized carbons (Fsp3) is 0.304. The molecular weight excluding hydrogens is 376 g/mol. The van der Waals surface area contributed by atoms with Crippen LogP contribution in [-0.2, 0) is 11.3 Å². The third-order valence-corrected chi connectivity index (χ3v) is 5.27. The molecule has 1 unspecified atom stereocenters. The van der Waals surface area contributed by atoms with Gasteiger partial charge in [0.1, 0.15) is 11.9 Å². The number of carbonyl (C=O) groups excluding carboxylic acids is 1. The minimum atomic E-state index is -0.280. The first kappa shape index (κ1) is 20.0. The van der Waals surface area contributed by atoms with Gasteiger partial charge in [0.25, 0.3) is 0 Å². The zero-order valence-corrected chi connectivity index (χ0v) is 17.1. The lowest BCUT2D eigenvalue weighted by atomic mass is 10.0. The van der Waals surface area contributed by atoms with Crippen LogP contribution in [0.3, 0.4) is 0 Å². The SMILES string of the molecule is CNc1cc(CNC(=O)C(c2ccccc2)N2CCCC2)nc(-c2cccnc2)n1. The summed E-state index contributed by atoms with van der Waals surface area (Å²) in [4.78, 5) is 28.7. The summed E-state index contributed by atoms with van der Waals surface area (Å²) >= 11 is 0. The van der Waals surface area contributed by atoms with Crippen molar-refractivity contribution in [3.63, 3.8) is 0 Å². The molecule has 1 saturated heterocycles. The molecule has 1 fully saturated rings. The molecule has 1 aliphatic rings. The lowest BCUT2D eigenvalue weighted by Crippen LogP contribution is -2.39. The Morgan fingerprint density at radius 3 is 2.60 bits per heavy atom. The van der Waals surface area contributed by atoms with Crippen LogP contribution < -0.4 is 10.6 Å². The third kappa shape index (κ3) is 4.63. The van der Waals surface area contributed by atoms with Gasteiger partial charge in [0.05, 0.1) is 12.2 Å². The van der Waals surface area contributed by atoms with E-state index in [1.807, 2.05) is 55.6 Å². The monoisotopic (exact) mass is 402 g/mol. The normalized spacial score (nSPS) is 15.0. The summed E-state index contributed by atoms with van der Waals surface area (Å²) in [6.45, 7) is 2.21. The van der Waals surface area contributed by atoms with Gasteiger partial charge in [-0.15, -0.1) is 0 Å². The number of hydrogen-bond donors (Lipinski definition) is 2. The largest absolute Gasteiger partial charge is 0.373 e. The van der Waals surface area contributed by atoms with Gasteiger partial charge in [0.2, 0.25) is 5.91 Å². The first-order valence-electron chi connectivity index (χ1n) is 10.3. The molecule has 7 nitrogen and oxygen atoms in total. The Morgan fingerprint density at radius 2 is 1.90 bits per heavy atom. The first-order chi connectivity index (χ1) is 14.7. The summed E-state index contributed by atoms with van der Waals surface area (Å²) in [6.07, 6.45) is 5.70. The van der Waals surface area contributed by atoms with Crippen molar-refractivity contribution in [2.75, 3.05) is 25.5 Å². The number of anilines is 1. The molecule has 0 saturated carbocycles. The van der Waals surface area contributed by atoms with E-state index in [0.29, 0.717) is 18.2 Å².